The molecule has 7 nitrogen and oxygen atoms in total. The van der Waals surface area contributed by atoms with Crippen molar-refractivity contribution in [3.63, 3.8) is 0 Å². The number of carbonyl (C=O) groups is 1. The molecule has 0 radical (unpaired) electrons. The van der Waals surface area contributed by atoms with Gasteiger partial charge >= 0.3 is 0 Å². The van der Waals surface area contributed by atoms with Gasteiger partial charge in [-0.3, -0.25) is 4.79 Å². The highest BCUT2D eigenvalue weighted by atomic mass is 16.4. The molecule has 0 spiro atoms. The zero-order chi connectivity index (χ0) is 16.4. The molecule has 0 unspecified atom stereocenters. The molecule has 1 N–H and O–H groups in total. The lowest BCUT2D eigenvalue weighted by Crippen LogP contribution is -2.23. The molecule has 1 aliphatic carbocycles. The fourth-order valence-corrected chi connectivity index (χ4v) is 2.44. The molecule has 4 rings (SSSR count). The monoisotopic (exact) mass is 323 g/mol. The van der Waals surface area contributed by atoms with Gasteiger partial charge < -0.3 is 9.73 Å². The lowest BCUT2D eigenvalue weighted by molar-refractivity contribution is 0.0946. The van der Waals surface area contributed by atoms with Gasteiger partial charge in [0.25, 0.3) is 5.91 Å². The third kappa shape index (κ3) is 3.34. The van der Waals surface area contributed by atoms with Crippen molar-refractivity contribution in [2.24, 2.45) is 0 Å². The van der Waals surface area contributed by atoms with Gasteiger partial charge in [0.05, 0.1) is 12.4 Å². The minimum Gasteiger partial charge on any atom is -0.443 e. The highest BCUT2D eigenvalue weighted by Gasteiger charge is 2.27. The molecule has 1 fully saturated rings. The minimum absolute atomic E-state index is 0.254. The molecular formula is C17H17N5O2. The second kappa shape index (κ2) is 6.27. The Balaban J connectivity index is 1.35. The molecule has 122 valence electrons. The Morgan fingerprint density at radius 2 is 2.12 bits per heavy atom. The van der Waals surface area contributed by atoms with Crippen LogP contribution in [0.1, 0.15) is 46.5 Å². The molecule has 24 heavy (non-hydrogen) atoms. The van der Waals surface area contributed by atoms with Crippen LogP contribution in [0.4, 0.5) is 0 Å². The molecule has 0 saturated heterocycles. The molecule has 2 aromatic heterocycles. The number of aromatic nitrogens is 4. The molecule has 2 heterocycles. The molecule has 0 bridgehead atoms. The number of oxazole rings is 1. The molecule has 1 saturated carbocycles. The van der Waals surface area contributed by atoms with Gasteiger partial charge in [0.1, 0.15) is 12.3 Å². The average molecular weight is 323 g/mol. The summed E-state index contributed by atoms with van der Waals surface area (Å²) in [5.41, 5.74) is 1.31. The summed E-state index contributed by atoms with van der Waals surface area (Å²) in [5.74, 6) is 1.79. The summed E-state index contributed by atoms with van der Waals surface area (Å²) in [6.07, 6.45) is 5.71. The third-order valence-corrected chi connectivity index (χ3v) is 3.92. The largest absolute Gasteiger partial charge is 0.443 e. The Bertz CT molecular complexity index is 836. The number of hydrogen-bond acceptors (Lipinski definition) is 5. The van der Waals surface area contributed by atoms with E-state index in [-0.39, 0.29) is 11.6 Å². The van der Waals surface area contributed by atoms with Crippen molar-refractivity contribution in [1.82, 2.24) is 25.3 Å². The van der Waals surface area contributed by atoms with Gasteiger partial charge in [-0.15, -0.1) is 5.10 Å². The van der Waals surface area contributed by atoms with Gasteiger partial charge in [0.2, 0.25) is 5.89 Å². The smallest absolute Gasteiger partial charge is 0.273 e. The molecule has 1 aliphatic rings. The van der Waals surface area contributed by atoms with Gasteiger partial charge in [-0.05, 0) is 18.4 Å². The Hall–Kier alpha value is -2.96. The van der Waals surface area contributed by atoms with E-state index in [9.17, 15) is 4.79 Å². The molecular weight excluding hydrogens is 306 g/mol. The first-order chi connectivity index (χ1) is 11.8. The number of amides is 1. The van der Waals surface area contributed by atoms with E-state index >= 15 is 0 Å². The van der Waals surface area contributed by atoms with Crippen LogP contribution in [0, 0.1) is 0 Å². The van der Waals surface area contributed by atoms with Crippen LogP contribution in [-0.2, 0) is 13.1 Å². The van der Waals surface area contributed by atoms with Crippen LogP contribution in [0.25, 0.3) is 0 Å². The SMILES string of the molecule is O=C(NCc1ccccc1)c1cn(Cc2ncc(C3CC3)o2)nn1. The normalized spacial score (nSPS) is 13.8. The number of benzene rings is 1. The van der Waals surface area contributed by atoms with E-state index in [4.69, 9.17) is 4.42 Å². The predicted octanol–water partition coefficient (Wildman–Crippen LogP) is 2.12. The fraction of sp³-hybridized carbons (Fsp3) is 0.294. The van der Waals surface area contributed by atoms with Crippen LogP contribution < -0.4 is 5.32 Å². The quantitative estimate of drug-likeness (QED) is 0.751. The number of hydrogen-bond donors (Lipinski definition) is 1. The van der Waals surface area contributed by atoms with Crippen molar-refractivity contribution in [3.8, 4) is 0 Å². The summed E-state index contributed by atoms with van der Waals surface area (Å²) in [6.45, 7) is 0.822. The van der Waals surface area contributed by atoms with E-state index in [2.05, 4.69) is 20.6 Å². The maximum Gasteiger partial charge on any atom is 0.273 e. The van der Waals surface area contributed by atoms with Crippen molar-refractivity contribution < 1.29 is 9.21 Å². The summed E-state index contributed by atoms with van der Waals surface area (Å²) in [4.78, 5) is 16.4. The van der Waals surface area contributed by atoms with E-state index < -0.39 is 0 Å². The van der Waals surface area contributed by atoms with Crippen LogP contribution >= 0.6 is 0 Å². The van der Waals surface area contributed by atoms with Gasteiger partial charge in [-0.2, -0.15) is 0 Å². The first-order valence-electron chi connectivity index (χ1n) is 7.95. The van der Waals surface area contributed by atoms with E-state index in [0.29, 0.717) is 24.9 Å². The molecule has 7 heteroatoms. The standard InChI is InChI=1S/C17H17N5O2/c23-17(19-8-12-4-2-1-3-5-12)14-10-22(21-20-14)11-16-18-9-15(24-16)13-6-7-13/h1-5,9-10,13H,6-8,11H2,(H,19,23). The summed E-state index contributed by atoms with van der Waals surface area (Å²) in [6, 6.07) is 9.72. The number of nitrogens with zero attached hydrogens (tertiary/aromatic N) is 4. The lowest BCUT2D eigenvalue weighted by atomic mass is 10.2. The summed E-state index contributed by atoms with van der Waals surface area (Å²) in [5, 5.41) is 10.7. The second-order valence-corrected chi connectivity index (χ2v) is 5.90. The Labute approximate surface area is 138 Å². The van der Waals surface area contributed by atoms with Crippen LogP contribution in [0.3, 0.4) is 0 Å². The third-order valence-electron chi connectivity index (χ3n) is 3.92. The van der Waals surface area contributed by atoms with Gasteiger partial charge in [-0.1, -0.05) is 35.5 Å². The highest BCUT2D eigenvalue weighted by molar-refractivity contribution is 5.91. The maximum absolute atomic E-state index is 12.1. The van der Waals surface area contributed by atoms with Crippen LogP contribution in [0.2, 0.25) is 0 Å². The minimum atomic E-state index is -0.254. The van der Waals surface area contributed by atoms with Crippen molar-refractivity contribution in [2.45, 2.75) is 31.8 Å². The Morgan fingerprint density at radius 1 is 1.29 bits per heavy atom. The van der Waals surface area contributed by atoms with Crippen molar-refractivity contribution >= 4 is 5.91 Å². The molecule has 1 amide bonds. The van der Waals surface area contributed by atoms with Gasteiger partial charge in [0.15, 0.2) is 5.69 Å². The van der Waals surface area contributed by atoms with E-state index in [0.717, 1.165) is 11.3 Å². The first kappa shape index (κ1) is 14.6. The first-order valence-corrected chi connectivity index (χ1v) is 7.95. The van der Waals surface area contributed by atoms with E-state index in [1.165, 1.54) is 12.8 Å². The fourth-order valence-electron chi connectivity index (χ4n) is 2.44. The Kier molecular flexibility index (Phi) is 3.82. The summed E-state index contributed by atoms with van der Waals surface area (Å²) in [7, 11) is 0. The predicted molar refractivity (Wildman–Crippen MR) is 85.2 cm³/mol. The molecule has 0 atom stereocenters. The zero-order valence-electron chi connectivity index (χ0n) is 13.1. The number of rotatable bonds is 6. The van der Waals surface area contributed by atoms with E-state index in [1.807, 2.05) is 30.3 Å². The molecule has 0 aliphatic heterocycles. The maximum atomic E-state index is 12.1. The van der Waals surface area contributed by atoms with Crippen molar-refractivity contribution in [1.29, 1.82) is 0 Å². The highest BCUT2D eigenvalue weighted by Crippen LogP contribution is 2.40. The summed E-state index contributed by atoms with van der Waals surface area (Å²) >= 11 is 0. The van der Waals surface area contributed by atoms with Crippen LogP contribution in [0.15, 0.2) is 47.1 Å². The topological polar surface area (TPSA) is 85.8 Å². The lowest BCUT2D eigenvalue weighted by Gasteiger charge is -2.02. The Morgan fingerprint density at radius 3 is 2.92 bits per heavy atom. The van der Waals surface area contributed by atoms with Crippen molar-refractivity contribution in [3.05, 3.63) is 65.6 Å². The van der Waals surface area contributed by atoms with E-state index in [1.54, 1.807) is 17.1 Å². The van der Waals surface area contributed by atoms with Gasteiger partial charge in [-0.25, -0.2) is 9.67 Å². The molecule has 3 aromatic rings. The van der Waals surface area contributed by atoms with Crippen LogP contribution in [0.5, 0.6) is 0 Å². The van der Waals surface area contributed by atoms with Gasteiger partial charge in [0, 0.05) is 12.5 Å². The number of nitrogens with one attached hydrogen (secondary N) is 1. The average Bonchev–Trinajstić information content (AvgIpc) is 3.18. The van der Waals surface area contributed by atoms with Crippen molar-refractivity contribution in [2.75, 3.05) is 0 Å². The molecule has 1 aromatic carbocycles. The summed E-state index contributed by atoms with van der Waals surface area (Å²) < 4.78 is 7.24. The zero-order valence-corrected chi connectivity index (χ0v) is 13.1. The number of carbonyl (C=O) groups excluding carboxylic acids is 1. The second-order valence-electron chi connectivity index (χ2n) is 5.90. The van der Waals surface area contributed by atoms with Crippen LogP contribution in [-0.4, -0.2) is 25.9 Å².